The first kappa shape index (κ1) is 20.6. The van der Waals surface area contributed by atoms with Gasteiger partial charge in [0.2, 0.25) is 11.8 Å². The fraction of sp³-hybridized carbons (Fsp3) is 0.846. The Hall–Kier alpha value is -0.440. The highest BCUT2D eigenvalue weighted by Gasteiger charge is 2.20. The lowest BCUT2D eigenvalue weighted by Crippen LogP contribution is -2.34. The molecule has 5 N–H and O–H groups in total. The van der Waals surface area contributed by atoms with Crippen molar-refractivity contribution >= 4 is 33.4 Å². The molecule has 0 aliphatic carbocycles. The average Bonchev–Trinajstić information content (AvgIpc) is 2.42. The number of hydrogen-bond acceptors (Lipinski definition) is 6. The molecule has 0 aliphatic heterocycles. The fourth-order valence-electron chi connectivity index (χ4n) is 1.35. The van der Waals surface area contributed by atoms with Gasteiger partial charge in [0, 0.05) is 50.6 Å². The molecule has 0 unspecified atom stereocenters. The van der Waals surface area contributed by atoms with E-state index in [9.17, 15) is 9.59 Å². The van der Waals surface area contributed by atoms with Crippen LogP contribution in [0.1, 0.15) is 26.7 Å². The summed E-state index contributed by atoms with van der Waals surface area (Å²) >= 11 is 0. The van der Waals surface area contributed by atoms with Gasteiger partial charge in [-0.1, -0.05) is 35.4 Å². The Morgan fingerprint density at radius 2 is 1.71 bits per heavy atom. The molecular weight excluding hydrogens is 310 g/mol. The number of aliphatic hydroxyl groups excluding tert-OH is 1. The van der Waals surface area contributed by atoms with E-state index < -0.39 is 5.41 Å². The van der Waals surface area contributed by atoms with Crippen LogP contribution < -0.4 is 16.4 Å². The van der Waals surface area contributed by atoms with Crippen LogP contribution in [0.4, 0.5) is 0 Å². The molecule has 124 valence electrons. The van der Waals surface area contributed by atoms with E-state index in [0.29, 0.717) is 19.6 Å². The quantitative estimate of drug-likeness (QED) is 0.303. The van der Waals surface area contributed by atoms with Crippen molar-refractivity contribution in [1.29, 1.82) is 0 Å². The minimum atomic E-state index is -0.426. The summed E-state index contributed by atoms with van der Waals surface area (Å²) in [6.07, 6.45) is 0.520. The van der Waals surface area contributed by atoms with Crippen LogP contribution in [0.3, 0.4) is 0 Å². The van der Waals surface area contributed by atoms with E-state index in [2.05, 4.69) is 10.6 Å². The van der Waals surface area contributed by atoms with Crippen molar-refractivity contribution in [2.45, 2.75) is 26.7 Å². The number of carbonyl (C=O) groups is 2. The molecule has 21 heavy (non-hydrogen) atoms. The molecule has 0 saturated heterocycles. The highest BCUT2D eigenvalue weighted by molar-refractivity contribution is 8.76. The Morgan fingerprint density at radius 1 is 1.10 bits per heavy atom. The summed E-state index contributed by atoms with van der Waals surface area (Å²) in [5.41, 5.74) is 4.94. The minimum absolute atomic E-state index is 0.0409. The maximum Gasteiger partial charge on any atom is 0.221 e. The monoisotopic (exact) mass is 337 g/mol. The van der Waals surface area contributed by atoms with Crippen molar-refractivity contribution in [2.24, 2.45) is 11.1 Å². The molecule has 8 heteroatoms. The zero-order chi connectivity index (χ0) is 16.1. The maximum atomic E-state index is 11.6. The fourth-order valence-corrected chi connectivity index (χ4v) is 3.12. The van der Waals surface area contributed by atoms with Gasteiger partial charge in [0.1, 0.15) is 0 Å². The molecular formula is C13H27N3O3S2. The van der Waals surface area contributed by atoms with E-state index in [1.807, 2.05) is 13.8 Å². The normalized spacial score (nSPS) is 11.2. The number of rotatable bonds is 12. The second-order valence-corrected chi connectivity index (χ2v) is 8.08. The standard InChI is InChI=1S/C13H27N3O3S2/c1-13(2,10-17)9-12(19)15-5-3-11(18)16-6-8-21-20-7-4-14/h17H,3-10,14H2,1-2H3,(H,15,19)(H,16,18). The highest BCUT2D eigenvalue weighted by Crippen LogP contribution is 2.19. The van der Waals surface area contributed by atoms with E-state index in [1.54, 1.807) is 21.6 Å². The SMILES string of the molecule is CC(C)(CO)CC(=O)NCCC(=O)NCCSSCCN. The van der Waals surface area contributed by atoms with Gasteiger partial charge in [-0.15, -0.1) is 0 Å². The molecule has 6 nitrogen and oxygen atoms in total. The third-order valence-corrected chi connectivity index (χ3v) is 4.97. The van der Waals surface area contributed by atoms with Gasteiger partial charge in [0.15, 0.2) is 0 Å². The second kappa shape index (κ2) is 12.1. The van der Waals surface area contributed by atoms with Crippen LogP contribution >= 0.6 is 21.6 Å². The van der Waals surface area contributed by atoms with Crippen molar-refractivity contribution in [3.63, 3.8) is 0 Å². The highest BCUT2D eigenvalue weighted by atomic mass is 33.1. The predicted molar refractivity (Wildman–Crippen MR) is 90.1 cm³/mol. The van der Waals surface area contributed by atoms with E-state index >= 15 is 0 Å². The topological polar surface area (TPSA) is 104 Å². The Morgan fingerprint density at radius 3 is 2.33 bits per heavy atom. The molecule has 0 aromatic heterocycles. The van der Waals surface area contributed by atoms with Crippen LogP contribution in [0.2, 0.25) is 0 Å². The van der Waals surface area contributed by atoms with Gasteiger partial charge in [-0.05, 0) is 5.41 Å². The van der Waals surface area contributed by atoms with Crippen molar-refractivity contribution in [2.75, 3.05) is 37.7 Å². The number of amides is 2. The summed E-state index contributed by atoms with van der Waals surface area (Å²) in [5.74, 6) is 1.54. The largest absolute Gasteiger partial charge is 0.396 e. The molecule has 0 rings (SSSR count). The first-order chi connectivity index (χ1) is 9.91. The van der Waals surface area contributed by atoms with E-state index in [1.165, 1.54) is 0 Å². The first-order valence-electron chi connectivity index (χ1n) is 7.00. The molecule has 0 bridgehead atoms. The molecule has 0 fully saturated rings. The van der Waals surface area contributed by atoms with Crippen LogP contribution in [-0.2, 0) is 9.59 Å². The number of nitrogens with two attached hydrogens (primary N) is 1. The second-order valence-electron chi connectivity index (χ2n) is 5.38. The van der Waals surface area contributed by atoms with Crippen molar-refractivity contribution in [3.8, 4) is 0 Å². The van der Waals surface area contributed by atoms with Crippen molar-refractivity contribution in [3.05, 3.63) is 0 Å². The lowest BCUT2D eigenvalue weighted by Gasteiger charge is -2.20. The van der Waals surface area contributed by atoms with Crippen LogP contribution in [0.15, 0.2) is 0 Å². The lowest BCUT2D eigenvalue weighted by molar-refractivity contribution is -0.124. The number of nitrogens with one attached hydrogen (secondary N) is 2. The number of aliphatic hydroxyl groups is 1. The van der Waals surface area contributed by atoms with Crippen LogP contribution in [0, 0.1) is 5.41 Å². The van der Waals surface area contributed by atoms with Gasteiger partial charge in [0.05, 0.1) is 0 Å². The Labute approximate surface area is 134 Å². The minimum Gasteiger partial charge on any atom is -0.396 e. The third kappa shape index (κ3) is 13.0. The summed E-state index contributed by atoms with van der Waals surface area (Å²) in [5, 5.41) is 14.6. The Balaban J connectivity index is 3.55. The van der Waals surface area contributed by atoms with Gasteiger partial charge in [-0.25, -0.2) is 0 Å². The molecule has 0 atom stereocenters. The molecule has 0 aliphatic rings. The lowest BCUT2D eigenvalue weighted by atomic mass is 9.90. The van der Waals surface area contributed by atoms with Crippen LogP contribution in [0.25, 0.3) is 0 Å². The molecule has 2 amide bonds. The summed E-state index contributed by atoms with van der Waals surface area (Å²) < 4.78 is 0. The summed E-state index contributed by atoms with van der Waals surface area (Å²) in [4.78, 5) is 23.1. The summed E-state index contributed by atoms with van der Waals surface area (Å²) in [7, 11) is 3.38. The predicted octanol–water partition coefficient (Wildman–Crippen LogP) is 0.358. The Kier molecular flexibility index (Phi) is 11.9. The van der Waals surface area contributed by atoms with Crippen LogP contribution in [0.5, 0.6) is 0 Å². The zero-order valence-electron chi connectivity index (χ0n) is 12.8. The first-order valence-corrected chi connectivity index (χ1v) is 9.49. The molecule has 0 saturated carbocycles. The maximum absolute atomic E-state index is 11.6. The molecule has 0 spiro atoms. The van der Waals surface area contributed by atoms with Crippen molar-refractivity contribution < 1.29 is 14.7 Å². The van der Waals surface area contributed by atoms with E-state index in [-0.39, 0.29) is 31.3 Å². The summed E-state index contributed by atoms with van der Waals surface area (Å²) in [6, 6.07) is 0. The third-order valence-electron chi connectivity index (χ3n) is 2.53. The van der Waals surface area contributed by atoms with E-state index in [4.69, 9.17) is 10.8 Å². The smallest absolute Gasteiger partial charge is 0.221 e. The van der Waals surface area contributed by atoms with Gasteiger partial charge in [-0.3, -0.25) is 9.59 Å². The van der Waals surface area contributed by atoms with Crippen molar-refractivity contribution in [1.82, 2.24) is 10.6 Å². The van der Waals surface area contributed by atoms with Gasteiger partial charge >= 0.3 is 0 Å². The Bertz CT molecular complexity index is 315. The van der Waals surface area contributed by atoms with Crippen LogP contribution in [-0.4, -0.2) is 54.7 Å². The average molecular weight is 338 g/mol. The van der Waals surface area contributed by atoms with Gasteiger partial charge < -0.3 is 21.5 Å². The molecule has 0 radical (unpaired) electrons. The molecule has 0 aromatic carbocycles. The summed E-state index contributed by atoms with van der Waals surface area (Å²) in [6.45, 7) is 5.20. The zero-order valence-corrected chi connectivity index (χ0v) is 14.4. The van der Waals surface area contributed by atoms with E-state index in [0.717, 1.165) is 11.5 Å². The molecule has 0 heterocycles. The number of carbonyl (C=O) groups excluding carboxylic acids is 2. The van der Waals surface area contributed by atoms with Gasteiger partial charge in [0.25, 0.3) is 0 Å². The van der Waals surface area contributed by atoms with Gasteiger partial charge in [-0.2, -0.15) is 0 Å². The molecule has 0 aromatic rings. The number of hydrogen-bond donors (Lipinski definition) is 4.